The Balaban J connectivity index is 1.91. The highest BCUT2D eigenvalue weighted by Gasteiger charge is 2.21. The summed E-state index contributed by atoms with van der Waals surface area (Å²) in [5, 5.41) is 2.83. The summed E-state index contributed by atoms with van der Waals surface area (Å²) in [6.45, 7) is 5.70. The standard InChI is InChI=1S/C15H22N2O4/c1-10-5-4-6-17(9-10)15(19)16-8-12-7-13(11(2)21-12)14(18)20-3/h7,10H,4-6,8-9H2,1-3H3,(H,16,19). The highest BCUT2D eigenvalue weighted by molar-refractivity contribution is 5.90. The van der Waals surface area contributed by atoms with Crippen LogP contribution in [0.5, 0.6) is 0 Å². The number of amides is 2. The minimum atomic E-state index is -0.432. The summed E-state index contributed by atoms with van der Waals surface area (Å²) >= 11 is 0. The molecule has 2 amide bonds. The van der Waals surface area contributed by atoms with E-state index in [1.54, 1.807) is 13.0 Å². The number of urea groups is 1. The molecule has 0 bridgehead atoms. The van der Waals surface area contributed by atoms with Gasteiger partial charge in [0.1, 0.15) is 17.1 Å². The lowest BCUT2D eigenvalue weighted by Crippen LogP contribution is -2.44. The van der Waals surface area contributed by atoms with E-state index in [2.05, 4.69) is 17.0 Å². The lowest BCUT2D eigenvalue weighted by Gasteiger charge is -2.30. The number of hydrogen-bond acceptors (Lipinski definition) is 4. The monoisotopic (exact) mass is 294 g/mol. The summed E-state index contributed by atoms with van der Waals surface area (Å²) in [4.78, 5) is 25.4. The molecule has 1 saturated heterocycles. The third kappa shape index (κ3) is 3.77. The third-order valence-electron chi connectivity index (χ3n) is 3.73. The first-order chi connectivity index (χ1) is 10.0. The fourth-order valence-electron chi connectivity index (χ4n) is 2.59. The Morgan fingerprint density at radius 2 is 2.29 bits per heavy atom. The molecular weight excluding hydrogens is 272 g/mol. The topological polar surface area (TPSA) is 71.8 Å². The number of furan rings is 1. The largest absolute Gasteiger partial charge is 0.465 e. The van der Waals surface area contributed by atoms with Gasteiger partial charge in [0.05, 0.1) is 13.7 Å². The molecule has 6 nitrogen and oxygen atoms in total. The Hall–Kier alpha value is -1.98. The van der Waals surface area contributed by atoms with Crippen LogP contribution >= 0.6 is 0 Å². The van der Waals surface area contributed by atoms with E-state index < -0.39 is 5.97 Å². The SMILES string of the molecule is COC(=O)c1cc(CNC(=O)N2CCCC(C)C2)oc1C. The zero-order valence-electron chi connectivity index (χ0n) is 12.8. The van der Waals surface area contributed by atoms with Crippen LogP contribution in [0.1, 0.15) is 41.6 Å². The van der Waals surface area contributed by atoms with E-state index in [0.717, 1.165) is 19.5 Å². The molecule has 0 saturated carbocycles. The van der Waals surface area contributed by atoms with E-state index in [-0.39, 0.29) is 12.6 Å². The van der Waals surface area contributed by atoms with E-state index >= 15 is 0 Å². The molecule has 1 atom stereocenters. The number of ether oxygens (including phenoxy) is 1. The molecule has 0 aliphatic carbocycles. The number of methoxy groups -OCH3 is 1. The van der Waals surface area contributed by atoms with E-state index in [9.17, 15) is 9.59 Å². The highest BCUT2D eigenvalue weighted by atomic mass is 16.5. The number of rotatable bonds is 3. The minimum Gasteiger partial charge on any atom is -0.465 e. The van der Waals surface area contributed by atoms with Gasteiger partial charge in [-0.1, -0.05) is 6.92 Å². The number of hydrogen-bond donors (Lipinski definition) is 1. The molecule has 6 heteroatoms. The van der Waals surface area contributed by atoms with E-state index in [1.165, 1.54) is 13.5 Å². The number of nitrogens with one attached hydrogen (secondary N) is 1. The molecule has 0 radical (unpaired) electrons. The fourth-order valence-corrected chi connectivity index (χ4v) is 2.59. The van der Waals surface area contributed by atoms with E-state index in [1.807, 2.05) is 4.90 Å². The van der Waals surface area contributed by atoms with Gasteiger partial charge in [0.2, 0.25) is 0 Å². The molecule has 1 fully saturated rings. The van der Waals surface area contributed by atoms with Crippen LogP contribution in [0, 0.1) is 12.8 Å². The van der Waals surface area contributed by atoms with Gasteiger partial charge in [-0.3, -0.25) is 0 Å². The molecule has 0 aromatic carbocycles. The van der Waals surface area contributed by atoms with Crippen LogP contribution in [-0.4, -0.2) is 37.1 Å². The first kappa shape index (κ1) is 15.4. The van der Waals surface area contributed by atoms with Crippen molar-refractivity contribution in [1.29, 1.82) is 0 Å². The number of piperidine rings is 1. The maximum atomic E-state index is 12.1. The molecule has 116 valence electrons. The Labute approximate surface area is 124 Å². The number of aryl methyl sites for hydroxylation is 1. The normalized spacial score (nSPS) is 18.4. The van der Waals surface area contributed by atoms with Gasteiger partial charge in [-0.15, -0.1) is 0 Å². The van der Waals surface area contributed by atoms with Gasteiger partial charge in [0.15, 0.2) is 0 Å². The summed E-state index contributed by atoms with van der Waals surface area (Å²) in [6.07, 6.45) is 2.21. The Morgan fingerprint density at radius 3 is 2.95 bits per heavy atom. The van der Waals surface area contributed by atoms with Crippen molar-refractivity contribution in [2.45, 2.75) is 33.2 Å². The Morgan fingerprint density at radius 1 is 1.52 bits per heavy atom. The zero-order valence-corrected chi connectivity index (χ0v) is 12.8. The summed E-state index contributed by atoms with van der Waals surface area (Å²) in [5.74, 6) is 1.16. The molecule has 2 heterocycles. The average Bonchev–Trinajstić information content (AvgIpc) is 2.85. The number of carbonyl (C=O) groups excluding carboxylic acids is 2. The maximum absolute atomic E-state index is 12.1. The predicted molar refractivity (Wildman–Crippen MR) is 77.0 cm³/mol. The molecule has 2 rings (SSSR count). The van der Waals surface area contributed by atoms with Crippen LogP contribution < -0.4 is 5.32 Å². The van der Waals surface area contributed by atoms with Crippen LogP contribution in [0.2, 0.25) is 0 Å². The van der Waals surface area contributed by atoms with Gasteiger partial charge >= 0.3 is 12.0 Å². The van der Waals surface area contributed by atoms with Crippen molar-refractivity contribution in [3.63, 3.8) is 0 Å². The molecule has 1 N–H and O–H groups in total. The Kier molecular flexibility index (Phi) is 4.88. The quantitative estimate of drug-likeness (QED) is 0.868. The minimum absolute atomic E-state index is 0.0878. The fraction of sp³-hybridized carbons (Fsp3) is 0.600. The van der Waals surface area contributed by atoms with Crippen LogP contribution in [0.4, 0.5) is 4.79 Å². The van der Waals surface area contributed by atoms with Crippen molar-refractivity contribution in [2.24, 2.45) is 5.92 Å². The van der Waals surface area contributed by atoms with Crippen LogP contribution in [0.3, 0.4) is 0 Å². The van der Waals surface area contributed by atoms with Gasteiger partial charge in [0, 0.05) is 13.1 Å². The lowest BCUT2D eigenvalue weighted by atomic mass is 10.0. The second-order valence-electron chi connectivity index (χ2n) is 5.53. The van der Waals surface area contributed by atoms with Crippen molar-refractivity contribution >= 4 is 12.0 Å². The van der Waals surface area contributed by atoms with E-state index in [4.69, 9.17) is 4.42 Å². The first-order valence-electron chi connectivity index (χ1n) is 7.21. The summed E-state index contributed by atoms with van der Waals surface area (Å²) < 4.78 is 10.1. The molecule has 1 aliphatic rings. The van der Waals surface area contributed by atoms with Crippen molar-refractivity contribution < 1.29 is 18.7 Å². The van der Waals surface area contributed by atoms with Crippen molar-refractivity contribution in [1.82, 2.24) is 10.2 Å². The highest BCUT2D eigenvalue weighted by Crippen LogP contribution is 2.17. The van der Waals surface area contributed by atoms with Crippen LogP contribution in [-0.2, 0) is 11.3 Å². The zero-order chi connectivity index (χ0) is 15.4. The predicted octanol–water partition coefficient (Wildman–Crippen LogP) is 2.32. The lowest BCUT2D eigenvalue weighted by molar-refractivity contribution is 0.0598. The van der Waals surface area contributed by atoms with Gasteiger partial charge < -0.3 is 19.4 Å². The van der Waals surface area contributed by atoms with Crippen molar-refractivity contribution in [2.75, 3.05) is 20.2 Å². The number of likely N-dealkylation sites (tertiary alicyclic amines) is 1. The number of nitrogens with zero attached hydrogens (tertiary/aromatic N) is 1. The summed E-state index contributed by atoms with van der Waals surface area (Å²) in [6, 6.07) is 1.52. The van der Waals surface area contributed by atoms with Gasteiger partial charge in [-0.05, 0) is 31.7 Å². The van der Waals surface area contributed by atoms with Crippen molar-refractivity contribution in [3.05, 3.63) is 23.2 Å². The second-order valence-corrected chi connectivity index (χ2v) is 5.53. The summed E-state index contributed by atoms with van der Waals surface area (Å²) in [7, 11) is 1.33. The second kappa shape index (κ2) is 6.65. The van der Waals surface area contributed by atoms with Crippen LogP contribution in [0.15, 0.2) is 10.5 Å². The van der Waals surface area contributed by atoms with Crippen molar-refractivity contribution in [3.8, 4) is 0 Å². The number of esters is 1. The molecule has 1 unspecified atom stereocenters. The smallest absolute Gasteiger partial charge is 0.341 e. The molecule has 1 aromatic rings. The average molecular weight is 294 g/mol. The first-order valence-corrected chi connectivity index (χ1v) is 7.21. The molecule has 1 aromatic heterocycles. The number of carbonyl (C=O) groups is 2. The molecular formula is C15H22N2O4. The summed E-state index contributed by atoms with van der Waals surface area (Å²) in [5.41, 5.74) is 0.397. The van der Waals surface area contributed by atoms with Gasteiger partial charge in [-0.25, -0.2) is 9.59 Å². The van der Waals surface area contributed by atoms with Crippen LogP contribution in [0.25, 0.3) is 0 Å². The Bertz CT molecular complexity index is 524. The molecule has 1 aliphatic heterocycles. The molecule has 0 spiro atoms. The maximum Gasteiger partial charge on any atom is 0.341 e. The third-order valence-corrected chi connectivity index (χ3v) is 3.73. The van der Waals surface area contributed by atoms with Gasteiger partial charge in [-0.2, -0.15) is 0 Å². The van der Waals surface area contributed by atoms with Gasteiger partial charge in [0.25, 0.3) is 0 Å². The van der Waals surface area contributed by atoms with E-state index in [0.29, 0.717) is 23.0 Å². The molecule has 21 heavy (non-hydrogen) atoms.